The number of hydrogen-bond acceptors (Lipinski definition) is 5. The van der Waals surface area contributed by atoms with Gasteiger partial charge in [-0.25, -0.2) is 0 Å². The minimum absolute atomic E-state index is 0.237. The van der Waals surface area contributed by atoms with E-state index in [2.05, 4.69) is 15.5 Å². The summed E-state index contributed by atoms with van der Waals surface area (Å²) in [6, 6.07) is 14.0. The number of nitrogens with one attached hydrogen (secondary N) is 2. The van der Waals surface area contributed by atoms with Crippen LogP contribution in [0.15, 0.2) is 48.5 Å². The lowest BCUT2D eigenvalue weighted by Gasteiger charge is -2.29. The van der Waals surface area contributed by atoms with Crippen LogP contribution in [0.2, 0.25) is 0 Å². The average Bonchev–Trinajstić information content (AvgIpc) is 2.73. The third kappa shape index (κ3) is 5.32. The second-order valence-corrected chi connectivity index (χ2v) is 6.78. The van der Waals surface area contributed by atoms with Crippen molar-refractivity contribution < 1.29 is 19.5 Å². The number of rotatable bonds is 6. The minimum atomic E-state index is -1.10. The van der Waals surface area contributed by atoms with E-state index in [1.165, 1.54) is 6.92 Å². The minimum Gasteiger partial charge on any atom is -0.480 e. The first-order valence-corrected chi connectivity index (χ1v) is 9.41. The Morgan fingerprint density at radius 3 is 2.21 bits per heavy atom. The molecule has 0 aromatic heterocycles. The Balaban J connectivity index is 1.64. The Kier molecular flexibility index (Phi) is 6.46. The van der Waals surface area contributed by atoms with Crippen LogP contribution in [0.3, 0.4) is 0 Å². The molecule has 0 saturated carbocycles. The monoisotopic (exact) mass is 396 g/mol. The molecule has 3 N–H and O–H groups in total. The lowest BCUT2D eigenvalue weighted by atomic mass is 10.1. The van der Waals surface area contributed by atoms with E-state index in [4.69, 9.17) is 5.11 Å². The molecule has 0 atom stereocenters. The fourth-order valence-corrected chi connectivity index (χ4v) is 3.19. The maximum atomic E-state index is 12.5. The van der Waals surface area contributed by atoms with E-state index in [0.717, 1.165) is 36.8 Å². The van der Waals surface area contributed by atoms with Gasteiger partial charge in [0.1, 0.15) is 6.54 Å². The number of nitrogens with zero attached hydrogens (tertiary/aromatic N) is 2. The molecule has 3 rings (SSSR count). The zero-order valence-corrected chi connectivity index (χ0v) is 16.2. The van der Waals surface area contributed by atoms with Gasteiger partial charge in [0.15, 0.2) is 0 Å². The lowest BCUT2D eigenvalue weighted by molar-refractivity contribution is -0.136. The molecule has 29 heavy (non-hydrogen) atoms. The summed E-state index contributed by atoms with van der Waals surface area (Å²) in [6.45, 7) is 4.68. The molecule has 0 unspecified atom stereocenters. The standard InChI is InChI=1S/C21H24N4O4/c1-15(26)25(14-20(27)28)19-8-4-17(5-9-19)23-21(29)16-2-6-18(7-3-16)24-12-10-22-11-13-24/h2-9,22H,10-14H2,1H3,(H,23,29)(H,27,28). The van der Waals surface area contributed by atoms with Gasteiger partial charge in [-0.15, -0.1) is 0 Å². The van der Waals surface area contributed by atoms with Crippen molar-refractivity contribution in [2.75, 3.05) is 47.8 Å². The van der Waals surface area contributed by atoms with Crippen molar-refractivity contribution in [3.8, 4) is 0 Å². The topological polar surface area (TPSA) is 102 Å². The van der Waals surface area contributed by atoms with E-state index >= 15 is 0 Å². The Morgan fingerprint density at radius 2 is 1.66 bits per heavy atom. The van der Waals surface area contributed by atoms with Crippen LogP contribution in [0.5, 0.6) is 0 Å². The lowest BCUT2D eigenvalue weighted by Crippen LogP contribution is -2.43. The second-order valence-electron chi connectivity index (χ2n) is 6.78. The largest absolute Gasteiger partial charge is 0.480 e. The zero-order chi connectivity index (χ0) is 20.8. The average molecular weight is 396 g/mol. The van der Waals surface area contributed by atoms with E-state index in [0.29, 0.717) is 16.9 Å². The summed E-state index contributed by atoms with van der Waals surface area (Å²) in [4.78, 5) is 38.5. The summed E-state index contributed by atoms with van der Waals surface area (Å²) < 4.78 is 0. The highest BCUT2D eigenvalue weighted by atomic mass is 16.4. The van der Waals surface area contributed by atoms with Crippen LogP contribution >= 0.6 is 0 Å². The van der Waals surface area contributed by atoms with Gasteiger partial charge in [0.25, 0.3) is 5.91 Å². The molecule has 1 saturated heterocycles. The van der Waals surface area contributed by atoms with Gasteiger partial charge in [-0.3, -0.25) is 14.4 Å². The van der Waals surface area contributed by atoms with E-state index in [-0.39, 0.29) is 11.8 Å². The quantitative estimate of drug-likeness (QED) is 0.688. The number of carboxylic acid groups (broad SMARTS) is 1. The molecule has 1 fully saturated rings. The predicted molar refractivity (Wildman–Crippen MR) is 112 cm³/mol. The summed E-state index contributed by atoms with van der Waals surface area (Å²) >= 11 is 0. The molecule has 1 heterocycles. The molecule has 1 aliphatic rings. The maximum Gasteiger partial charge on any atom is 0.323 e. The zero-order valence-electron chi connectivity index (χ0n) is 16.2. The molecular formula is C21H24N4O4. The van der Waals surface area contributed by atoms with E-state index < -0.39 is 12.5 Å². The fraction of sp³-hybridized carbons (Fsp3) is 0.286. The van der Waals surface area contributed by atoms with E-state index in [9.17, 15) is 14.4 Å². The summed E-state index contributed by atoms with van der Waals surface area (Å²) in [5, 5.41) is 15.1. The smallest absolute Gasteiger partial charge is 0.323 e. The first kappa shape index (κ1) is 20.3. The fourth-order valence-electron chi connectivity index (χ4n) is 3.19. The molecule has 2 aromatic carbocycles. The van der Waals surface area contributed by atoms with Gasteiger partial charge < -0.3 is 25.5 Å². The van der Waals surface area contributed by atoms with Crippen molar-refractivity contribution in [2.45, 2.75) is 6.92 Å². The van der Waals surface area contributed by atoms with Crippen LogP contribution in [0.25, 0.3) is 0 Å². The van der Waals surface area contributed by atoms with Gasteiger partial charge in [0.2, 0.25) is 5.91 Å². The summed E-state index contributed by atoms with van der Waals surface area (Å²) in [5.41, 5.74) is 2.65. The Morgan fingerprint density at radius 1 is 1.03 bits per heavy atom. The highest BCUT2D eigenvalue weighted by Gasteiger charge is 2.15. The van der Waals surface area contributed by atoms with Gasteiger partial charge in [0, 0.05) is 55.7 Å². The van der Waals surface area contributed by atoms with Crippen LogP contribution < -0.4 is 20.4 Å². The summed E-state index contributed by atoms with van der Waals surface area (Å²) in [5.74, 6) is -1.70. The van der Waals surface area contributed by atoms with Crippen LogP contribution in [0, 0.1) is 0 Å². The van der Waals surface area contributed by atoms with Crippen molar-refractivity contribution in [1.29, 1.82) is 0 Å². The molecule has 0 radical (unpaired) electrons. The molecule has 0 aliphatic carbocycles. The molecular weight excluding hydrogens is 372 g/mol. The van der Waals surface area contributed by atoms with Gasteiger partial charge in [0.05, 0.1) is 0 Å². The Bertz CT molecular complexity index is 875. The van der Waals surface area contributed by atoms with Crippen molar-refractivity contribution in [2.24, 2.45) is 0 Å². The molecule has 2 amide bonds. The highest BCUT2D eigenvalue weighted by molar-refractivity contribution is 6.04. The van der Waals surface area contributed by atoms with E-state index in [1.54, 1.807) is 36.4 Å². The Labute approximate surface area is 169 Å². The number of carboxylic acids is 1. The van der Waals surface area contributed by atoms with Crippen LogP contribution in [0.1, 0.15) is 17.3 Å². The number of piperazine rings is 1. The number of carbonyl (C=O) groups is 3. The second kappa shape index (κ2) is 9.20. The highest BCUT2D eigenvalue weighted by Crippen LogP contribution is 2.20. The maximum absolute atomic E-state index is 12.5. The van der Waals surface area contributed by atoms with Gasteiger partial charge in [-0.1, -0.05) is 0 Å². The van der Waals surface area contributed by atoms with Crippen molar-refractivity contribution in [3.05, 3.63) is 54.1 Å². The van der Waals surface area contributed by atoms with E-state index in [1.807, 2.05) is 12.1 Å². The number of carbonyl (C=O) groups excluding carboxylic acids is 2. The van der Waals surface area contributed by atoms with Gasteiger partial charge >= 0.3 is 5.97 Å². The number of aliphatic carboxylic acids is 1. The van der Waals surface area contributed by atoms with Crippen molar-refractivity contribution >= 4 is 34.8 Å². The Hall–Kier alpha value is -3.39. The number of amides is 2. The van der Waals surface area contributed by atoms with Crippen LogP contribution in [-0.2, 0) is 9.59 Å². The first-order valence-electron chi connectivity index (χ1n) is 9.41. The van der Waals surface area contributed by atoms with Crippen molar-refractivity contribution in [1.82, 2.24) is 5.32 Å². The molecule has 152 valence electrons. The van der Waals surface area contributed by atoms with Gasteiger partial charge in [-0.05, 0) is 48.5 Å². The number of anilines is 3. The molecule has 8 heteroatoms. The summed E-state index contributed by atoms with van der Waals surface area (Å²) in [6.07, 6.45) is 0. The van der Waals surface area contributed by atoms with Crippen LogP contribution in [0.4, 0.5) is 17.1 Å². The molecule has 8 nitrogen and oxygen atoms in total. The third-order valence-electron chi connectivity index (χ3n) is 4.72. The SMILES string of the molecule is CC(=O)N(CC(=O)O)c1ccc(NC(=O)c2ccc(N3CCNCC3)cc2)cc1. The molecule has 0 spiro atoms. The number of benzene rings is 2. The third-order valence-corrected chi connectivity index (χ3v) is 4.72. The van der Waals surface area contributed by atoms with Crippen molar-refractivity contribution in [3.63, 3.8) is 0 Å². The summed E-state index contributed by atoms with van der Waals surface area (Å²) in [7, 11) is 0. The van der Waals surface area contributed by atoms with Crippen LogP contribution in [-0.4, -0.2) is 55.6 Å². The molecule has 0 bridgehead atoms. The predicted octanol–water partition coefficient (Wildman–Crippen LogP) is 1.79. The normalized spacial score (nSPS) is 13.6. The number of hydrogen-bond donors (Lipinski definition) is 3. The first-order chi connectivity index (χ1) is 13.9. The molecule has 1 aliphatic heterocycles. The molecule has 2 aromatic rings. The van der Waals surface area contributed by atoms with Gasteiger partial charge in [-0.2, -0.15) is 0 Å².